The number of nitrogens with two attached hydrogens (primary N) is 2. The van der Waals surface area contributed by atoms with Crippen molar-refractivity contribution < 1.29 is 4.74 Å². The summed E-state index contributed by atoms with van der Waals surface area (Å²) >= 11 is 12.8. The summed E-state index contributed by atoms with van der Waals surface area (Å²) in [5, 5.41) is 16.2. The summed E-state index contributed by atoms with van der Waals surface area (Å²) in [5.41, 5.74) is 15.0. The van der Waals surface area contributed by atoms with Crippen LogP contribution in [-0.4, -0.2) is 19.7 Å². The fourth-order valence-corrected chi connectivity index (χ4v) is 2.94. The predicted molar refractivity (Wildman–Crippen MR) is 101 cm³/mol. The summed E-state index contributed by atoms with van der Waals surface area (Å²) in [6.45, 7) is 0. The van der Waals surface area contributed by atoms with Crippen molar-refractivity contribution in [2.45, 2.75) is 12.6 Å². The molecule has 0 aliphatic heterocycles. The van der Waals surface area contributed by atoms with Crippen LogP contribution < -0.4 is 26.9 Å². The molecule has 0 spiro atoms. The third-order valence-corrected chi connectivity index (χ3v) is 3.97. The van der Waals surface area contributed by atoms with E-state index in [2.05, 4.69) is 26.1 Å². The average molecular weight is 397 g/mol. The first-order chi connectivity index (χ1) is 12.5. The van der Waals surface area contributed by atoms with E-state index in [1.807, 2.05) is 24.3 Å². The van der Waals surface area contributed by atoms with Crippen molar-refractivity contribution in [3.8, 4) is 16.9 Å². The van der Waals surface area contributed by atoms with E-state index in [-0.39, 0.29) is 0 Å². The van der Waals surface area contributed by atoms with Crippen LogP contribution in [0, 0.1) is 5.53 Å². The molecule has 0 amide bonds. The van der Waals surface area contributed by atoms with Crippen LogP contribution in [0.3, 0.4) is 0 Å². The van der Waals surface area contributed by atoms with Gasteiger partial charge >= 0.3 is 0 Å². The highest BCUT2D eigenvalue weighted by molar-refractivity contribution is 6.39. The Labute approximate surface area is 160 Å². The molecule has 0 aliphatic carbocycles. The largest absolute Gasteiger partial charge is 0.497 e. The van der Waals surface area contributed by atoms with E-state index in [0.717, 1.165) is 11.3 Å². The lowest BCUT2D eigenvalue weighted by Crippen LogP contribution is -2.47. The summed E-state index contributed by atoms with van der Waals surface area (Å²) in [4.78, 5) is 0. The number of nitrogens with one attached hydrogen (secondary N) is 3. The summed E-state index contributed by atoms with van der Waals surface area (Å²) < 4.78 is 5.15. The predicted octanol–water partition coefficient (Wildman–Crippen LogP) is 3.55. The number of halogens is 2. The maximum atomic E-state index is 6.98. The minimum atomic E-state index is -0.994. The van der Waals surface area contributed by atoms with Gasteiger partial charge in [0.1, 0.15) is 12.0 Å². The van der Waals surface area contributed by atoms with Crippen molar-refractivity contribution in [3.63, 3.8) is 0 Å². The Hall–Kier alpha value is -2.46. The Morgan fingerprint density at radius 3 is 2.27 bits per heavy atom. The van der Waals surface area contributed by atoms with Crippen LogP contribution >= 0.6 is 23.2 Å². The first kappa shape index (κ1) is 19.9. The molecule has 11 heteroatoms. The van der Waals surface area contributed by atoms with Gasteiger partial charge < -0.3 is 15.9 Å². The highest BCUT2D eigenvalue weighted by Crippen LogP contribution is 2.37. The first-order valence-electron chi connectivity index (χ1n) is 7.36. The summed E-state index contributed by atoms with van der Waals surface area (Å²) in [7, 11) is 1.60. The van der Waals surface area contributed by atoms with Gasteiger partial charge in [0.05, 0.1) is 17.2 Å². The van der Waals surface area contributed by atoms with E-state index in [9.17, 15) is 0 Å². The standard InChI is InChI=1S/C15H18Cl2N8O/c1-26-10-4-2-8(3-5-10)13-11(16)6-9(7-12(13)17)21-14(18)22-15(23-19)24-25-20/h2-7,14-15,19,21-22H,18H2,1H3,(H2,20,24). The molecule has 9 nitrogen and oxygen atoms in total. The second-order valence-corrected chi connectivity index (χ2v) is 5.88. The van der Waals surface area contributed by atoms with Gasteiger partial charge in [-0.1, -0.05) is 40.6 Å². The van der Waals surface area contributed by atoms with Crippen LogP contribution in [0.1, 0.15) is 0 Å². The number of methoxy groups -OCH3 is 1. The second kappa shape index (κ2) is 9.30. The highest BCUT2D eigenvalue weighted by Gasteiger charge is 2.14. The van der Waals surface area contributed by atoms with Crippen LogP contribution in [0.2, 0.25) is 10.0 Å². The van der Waals surface area contributed by atoms with E-state index < -0.39 is 12.6 Å². The van der Waals surface area contributed by atoms with E-state index in [4.69, 9.17) is 45.0 Å². The van der Waals surface area contributed by atoms with Crippen LogP contribution in [0.5, 0.6) is 5.75 Å². The Morgan fingerprint density at radius 1 is 1.15 bits per heavy atom. The Bertz CT molecular complexity index is 761. The third kappa shape index (κ3) is 5.02. The molecule has 0 saturated carbocycles. The van der Waals surface area contributed by atoms with Crippen LogP contribution in [-0.2, 0) is 0 Å². The van der Waals surface area contributed by atoms with Gasteiger partial charge in [0, 0.05) is 11.3 Å². The number of rotatable bonds is 8. The third-order valence-electron chi connectivity index (χ3n) is 3.37. The number of benzene rings is 2. The van der Waals surface area contributed by atoms with Gasteiger partial charge in [-0.05, 0) is 29.8 Å². The van der Waals surface area contributed by atoms with Crippen LogP contribution in [0.25, 0.3) is 11.1 Å². The minimum Gasteiger partial charge on any atom is -0.497 e. The van der Waals surface area contributed by atoms with E-state index >= 15 is 0 Å². The smallest absolute Gasteiger partial charge is 0.237 e. The number of nitrogens with zero attached hydrogens (tertiary/aromatic N) is 3. The highest BCUT2D eigenvalue weighted by atomic mass is 35.5. The van der Waals surface area contributed by atoms with Gasteiger partial charge in [0.15, 0.2) is 0 Å². The van der Waals surface area contributed by atoms with Gasteiger partial charge in [-0.2, -0.15) is 5.11 Å². The molecule has 2 aromatic carbocycles. The number of ether oxygens (including phenoxy) is 1. The van der Waals surface area contributed by atoms with Crippen molar-refractivity contribution in [1.82, 2.24) is 5.32 Å². The summed E-state index contributed by atoms with van der Waals surface area (Å²) in [5.74, 6) is 5.67. The zero-order chi connectivity index (χ0) is 19.1. The fourth-order valence-electron chi connectivity index (χ4n) is 2.23. The molecule has 0 aliphatic rings. The van der Waals surface area contributed by atoms with Crippen LogP contribution in [0.15, 0.2) is 51.8 Å². The van der Waals surface area contributed by atoms with Crippen LogP contribution in [0.4, 0.5) is 5.69 Å². The molecule has 0 fully saturated rings. The molecule has 2 unspecified atom stereocenters. The second-order valence-electron chi connectivity index (χ2n) is 5.07. The number of hydrogen-bond acceptors (Lipinski definition) is 8. The van der Waals surface area contributed by atoms with Gasteiger partial charge in [0.2, 0.25) is 6.29 Å². The van der Waals surface area contributed by atoms with Gasteiger partial charge in [0.25, 0.3) is 0 Å². The monoisotopic (exact) mass is 396 g/mol. The van der Waals surface area contributed by atoms with E-state index in [1.165, 1.54) is 0 Å². The molecule has 0 aromatic heterocycles. The first-order valence-corrected chi connectivity index (χ1v) is 8.12. The lowest BCUT2D eigenvalue weighted by Gasteiger charge is -2.19. The molecule has 2 atom stereocenters. The zero-order valence-corrected chi connectivity index (χ0v) is 15.3. The summed E-state index contributed by atoms with van der Waals surface area (Å²) in [6, 6.07) is 10.8. The SMILES string of the molecule is COc1ccc(-c2c(Cl)cc(NC(N)NC(N=N)N=NN)cc2Cl)cc1. The van der Waals surface area contributed by atoms with Gasteiger partial charge in [-0.15, -0.1) is 5.11 Å². The van der Waals surface area contributed by atoms with Crippen molar-refractivity contribution >= 4 is 28.9 Å². The molecule has 0 bridgehead atoms. The molecule has 2 rings (SSSR count). The van der Waals surface area contributed by atoms with Crippen molar-refractivity contribution in [2.24, 2.45) is 27.0 Å². The Morgan fingerprint density at radius 2 is 1.77 bits per heavy atom. The maximum absolute atomic E-state index is 6.98. The molecular formula is C15H18Cl2N8O. The van der Waals surface area contributed by atoms with Crippen molar-refractivity contribution in [1.29, 1.82) is 5.53 Å². The van der Waals surface area contributed by atoms with Gasteiger partial charge in [-0.3, -0.25) is 5.73 Å². The molecule has 26 heavy (non-hydrogen) atoms. The van der Waals surface area contributed by atoms with Gasteiger partial charge in [-0.25, -0.2) is 10.8 Å². The van der Waals surface area contributed by atoms with E-state index in [0.29, 0.717) is 21.3 Å². The molecule has 2 aromatic rings. The molecule has 138 valence electrons. The minimum absolute atomic E-state index is 0.445. The molecule has 7 N–H and O–H groups in total. The topological polar surface area (TPSA) is 146 Å². The number of hydrogen-bond donors (Lipinski definition) is 5. The fraction of sp³-hybridized carbons (Fsp3) is 0.200. The van der Waals surface area contributed by atoms with E-state index in [1.54, 1.807) is 19.2 Å². The zero-order valence-electron chi connectivity index (χ0n) is 13.8. The average Bonchev–Trinajstić information content (AvgIpc) is 2.61. The lowest BCUT2D eigenvalue weighted by molar-refractivity contribution is 0.415. The molecule has 0 heterocycles. The maximum Gasteiger partial charge on any atom is 0.237 e. The number of anilines is 1. The molecular weight excluding hydrogens is 379 g/mol. The quantitative estimate of drug-likeness (QED) is 0.200. The normalized spacial score (nSPS) is 13.4. The lowest BCUT2D eigenvalue weighted by atomic mass is 10.0. The Kier molecular flexibility index (Phi) is 7.10. The Balaban J connectivity index is 2.18. The van der Waals surface area contributed by atoms with Crippen molar-refractivity contribution in [3.05, 3.63) is 46.4 Å². The summed E-state index contributed by atoms with van der Waals surface area (Å²) in [6.07, 6.45) is -1.79. The molecule has 0 radical (unpaired) electrons. The van der Waals surface area contributed by atoms with Crippen molar-refractivity contribution in [2.75, 3.05) is 12.4 Å². The molecule has 0 saturated heterocycles.